The molecule has 0 spiro atoms. The van der Waals surface area contributed by atoms with E-state index in [9.17, 15) is 4.79 Å². The molecule has 2 heterocycles. The zero-order valence-electron chi connectivity index (χ0n) is 9.43. The Balaban J connectivity index is 2.13. The number of H-pyrrole nitrogens is 1. The molecule has 1 aliphatic rings. The average molecular weight is 374 g/mol. The molecule has 94 valence electrons. The van der Waals surface area contributed by atoms with Crippen LogP contribution in [0.25, 0.3) is 11.6 Å². The van der Waals surface area contributed by atoms with Crippen molar-refractivity contribution in [1.82, 2.24) is 9.97 Å². The molecule has 18 heavy (non-hydrogen) atoms. The van der Waals surface area contributed by atoms with Crippen LogP contribution < -0.4 is 5.56 Å². The Kier molecular flexibility index (Phi) is 3.15. The van der Waals surface area contributed by atoms with Gasteiger partial charge in [0.2, 0.25) is 0 Å². The number of fused-ring (bicyclic) bond motifs is 1. The molecule has 0 atom stereocenters. The topological polar surface area (TPSA) is 58.9 Å². The molecule has 0 amide bonds. The third-order valence-corrected chi connectivity index (χ3v) is 4.78. The first-order valence-electron chi connectivity index (χ1n) is 5.72. The van der Waals surface area contributed by atoms with Gasteiger partial charge in [0.05, 0.1) is 10.2 Å². The molecule has 0 radical (unpaired) electrons. The van der Waals surface area contributed by atoms with Crippen LogP contribution in [0.4, 0.5) is 0 Å². The summed E-state index contributed by atoms with van der Waals surface area (Å²) in [5.74, 6) is 1.05. The molecule has 0 fully saturated rings. The maximum atomic E-state index is 12.0. The van der Waals surface area contributed by atoms with Crippen molar-refractivity contribution in [3.05, 3.63) is 36.8 Å². The summed E-state index contributed by atoms with van der Waals surface area (Å²) in [5.41, 5.74) is 1.69. The van der Waals surface area contributed by atoms with Gasteiger partial charge < -0.3 is 9.40 Å². The molecule has 0 saturated heterocycles. The SMILES string of the molecule is O=c1[nH]c(-c2cc(Br)c(Br)o2)nc2c1CCCC2. The molecule has 6 heteroatoms. The number of nitrogens with zero attached hydrogens (tertiary/aromatic N) is 1. The average Bonchev–Trinajstić information content (AvgIpc) is 2.70. The van der Waals surface area contributed by atoms with E-state index < -0.39 is 0 Å². The lowest BCUT2D eigenvalue weighted by atomic mass is 9.97. The summed E-state index contributed by atoms with van der Waals surface area (Å²) in [6.07, 6.45) is 3.85. The number of nitrogens with one attached hydrogen (secondary N) is 1. The predicted octanol–water partition coefficient (Wildman–Crippen LogP) is 3.43. The van der Waals surface area contributed by atoms with Crippen LogP contribution in [0.15, 0.2) is 24.4 Å². The van der Waals surface area contributed by atoms with E-state index in [2.05, 4.69) is 41.8 Å². The van der Waals surface area contributed by atoms with Gasteiger partial charge in [-0.1, -0.05) is 0 Å². The first-order chi connectivity index (χ1) is 8.65. The number of aryl methyl sites for hydroxylation is 1. The summed E-state index contributed by atoms with van der Waals surface area (Å²) < 4.78 is 6.88. The standard InChI is InChI=1S/C12H10Br2N2O2/c13-7-5-9(18-10(7)14)11-15-8-4-2-1-3-6(8)12(17)16-11/h5H,1-4H2,(H,15,16,17). The van der Waals surface area contributed by atoms with E-state index in [1.807, 2.05) is 0 Å². The summed E-state index contributed by atoms with van der Waals surface area (Å²) >= 11 is 6.62. The van der Waals surface area contributed by atoms with Gasteiger partial charge in [-0.05, 0) is 57.5 Å². The Bertz CT molecular complexity index is 641. The van der Waals surface area contributed by atoms with Crippen LogP contribution in [-0.4, -0.2) is 9.97 Å². The van der Waals surface area contributed by atoms with Crippen LogP contribution in [0.3, 0.4) is 0 Å². The molecular formula is C12H10Br2N2O2. The largest absolute Gasteiger partial charge is 0.445 e. The number of furan rings is 1. The van der Waals surface area contributed by atoms with Crippen molar-refractivity contribution in [2.24, 2.45) is 0 Å². The van der Waals surface area contributed by atoms with Crippen LogP contribution in [0.5, 0.6) is 0 Å². The third-order valence-electron chi connectivity index (χ3n) is 3.07. The lowest BCUT2D eigenvalue weighted by Gasteiger charge is -2.13. The van der Waals surface area contributed by atoms with Gasteiger partial charge in [-0.3, -0.25) is 4.79 Å². The van der Waals surface area contributed by atoms with Crippen molar-refractivity contribution in [1.29, 1.82) is 0 Å². The summed E-state index contributed by atoms with van der Waals surface area (Å²) in [4.78, 5) is 19.3. The first-order valence-corrected chi connectivity index (χ1v) is 7.31. The van der Waals surface area contributed by atoms with Crippen LogP contribution in [0.2, 0.25) is 0 Å². The molecule has 0 bridgehead atoms. The molecule has 2 aromatic rings. The molecule has 0 aliphatic heterocycles. The van der Waals surface area contributed by atoms with Crippen molar-refractivity contribution < 1.29 is 4.42 Å². The Morgan fingerprint density at radius 3 is 2.78 bits per heavy atom. The summed E-state index contributed by atoms with van der Waals surface area (Å²) in [6.45, 7) is 0. The van der Waals surface area contributed by atoms with Crippen molar-refractivity contribution in [2.45, 2.75) is 25.7 Å². The second kappa shape index (κ2) is 4.66. The normalized spacial score (nSPS) is 14.6. The van der Waals surface area contributed by atoms with Gasteiger partial charge in [0.15, 0.2) is 16.3 Å². The lowest BCUT2D eigenvalue weighted by molar-refractivity contribution is 0.547. The summed E-state index contributed by atoms with van der Waals surface area (Å²) in [5, 5.41) is 0. The molecule has 4 nitrogen and oxygen atoms in total. The molecule has 0 aromatic carbocycles. The highest BCUT2D eigenvalue weighted by molar-refractivity contribution is 9.13. The number of rotatable bonds is 1. The predicted molar refractivity (Wildman–Crippen MR) is 74.6 cm³/mol. The number of halogens is 2. The van der Waals surface area contributed by atoms with E-state index in [-0.39, 0.29) is 5.56 Å². The minimum Gasteiger partial charge on any atom is -0.445 e. The molecule has 2 aromatic heterocycles. The zero-order chi connectivity index (χ0) is 12.7. The molecule has 1 N–H and O–H groups in total. The second-order valence-electron chi connectivity index (χ2n) is 4.28. The quantitative estimate of drug-likeness (QED) is 0.832. The Morgan fingerprint density at radius 2 is 2.06 bits per heavy atom. The lowest BCUT2D eigenvalue weighted by Crippen LogP contribution is -2.21. The van der Waals surface area contributed by atoms with E-state index in [0.717, 1.165) is 41.4 Å². The number of aromatic nitrogens is 2. The maximum Gasteiger partial charge on any atom is 0.254 e. The minimum atomic E-state index is -0.0432. The molecular weight excluding hydrogens is 364 g/mol. The van der Waals surface area contributed by atoms with Crippen LogP contribution in [0.1, 0.15) is 24.1 Å². The number of aromatic amines is 1. The fourth-order valence-electron chi connectivity index (χ4n) is 2.18. The van der Waals surface area contributed by atoms with E-state index in [1.54, 1.807) is 6.07 Å². The molecule has 3 rings (SSSR count). The Hall–Kier alpha value is -0.880. The van der Waals surface area contributed by atoms with E-state index >= 15 is 0 Å². The molecule has 0 unspecified atom stereocenters. The van der Waals surface area contributed by atoms with Crippen molar-refractivity contribution in [2.75, 3.05) is 0 Å². The van der Waals surface area contributed by atoms with E-state index in [4.69, 9.17) is 4.42 Å². The zero-order valence-corrected chi connectivity index (χ0v) is 12.6. The maximum absolute atomic E-state index is 12.0. The van der Waals surface area contributed by atoms with Gasteiger partial charge in [-0.25, -0.2) is 4.98 Å². The Labute approximate surface area is 120 Å². The van der Waals surface area contributed by atoms with Crippen LogP contribution in [-0.2, 0) is 12.8 Å². The second-order valence-corrected chi connectivity index (χ2v) is 5.85. The fraction of sp³-hybridized carbons (Fsp3) is 0.333. The van der Waals surface area contributed by atoms with Gasteiger partial charge in [0.1, 0.15) is 0 Å². The minimum absolute atomic E-state index is 0.0432. The molecule has 0 saturated carbocycles. The fourth-order valence-corrected chi connectivity index (χ4v) is 2.76. The van der Waals surface area contributed by atoms with E-state index in [0.29, 0.717) is 16.3 Å². The summed E-state index contributed by atoms with van der Waals surface area (Å²) in [7, 11) is 0. The number of hydrogen-bond acceptors (Lipinski definition) is 3. The van der Waals surface area contributed by atoms with Crippen molar-refractivity contribution in [3.63, 3.8) is 0 Å². The van der Waals surface area contributed by atoms with Gasteiger partial charge >= 0.3 is 0 Å². The van der Waals surface area contributed by atoms with Crippen LogP contribution >= 0.6 is 31.9 Å². The monoisotopic (exact) mass is 372 g/mol. The highest BCUT2D eigenvalue weighted by Gasteiger charge is 2.18. The van der Waals surface area contributed by atoms with Crippen LogP contribution in [0, 0.1) is 0 Å². The number of hydrogen-bond donors (Lipinski definition) is 1. The van der Waals surface area contributed by atoms with Gasteiger partial charge in [0.25, 0.3) is 5.56 Å². The Morgan fingerprint density at radius 1 is 1.28 bits per heavy atom. The van der Waals surface area contributed by atoms with Gasteiger partial charge in [0, 0.05) is 11.6 Å². The van der Waals surface area contributed by atoms with Gasteiger partial charge in [-0.2, -0.15) is 0 Å². The molecule has 1 aliphatic carbocycles. The highest BCUT2D eigenvalue weighted by atomic mass is 79.9. The highest BCUT2D eigenvalue weighted by Crippen LogP contribution is 2.31. The summed E-state index contributed by atoms with van der Waals surface area (Å²) in [6, 6.07) is 1.79. The van der Waals surface area contributed by atoms with E-state index in [1.165, 1.54) is 0 Å². The third kappa shape index (κ3) is 2.07. The first kappa shape index (κ1) is 12.2. The van der Waals surface area contributed by atoms with Gasteiger partial charge in [-0.15, -0.1) is 0 Å². The van der Waals surface area contributed by atoms with Crippen molar-refractivity contribution >= 4 is 31.9 Å². The smallest absolute Gasteiger partial charge is 0.254 e. The van der Waals surface area contributed by atoms with Crippen molar-refractivity contribution in [3.8, 4) is 11.6 Å².